The summed E-state index contributed by atoms with van der Waals surface area (Å²) in [5.41, 5.74) is 0. The van der Waals surface area contributed by atoms with Crippen LogP contribution in [-0.2, 0) is 13.3 Å². The lowest BCUT2D eigenvalue weighted by Gasteiger charge is -2.37. The van der Waals surface area contributed by atoms with E-state index in [-0.39, 0.29) is 6.61 Å². The van der Waals surface area contributed by atoms with Crippen LogP contribution in [0.1, 0.15) is 41.0 Å². The molecule has 0 aromatic carbocycles. The molecule has 0 aliphatic carbocycles. The summed E-state index contributed by atoms with van der Waals surface area (Å²) in [6.07, 6.45) is 1.01. The Balaban J connectivity index is 4.64. The molecule has 21 heavy (non-hydrogen) atoms. The van der Waals surface area contributed by atoms with E-state index in [4.69, 9.17) is 13.3 Å². The molecule has 128 valence electrons. The van der Waals surface area contributed by atoms with E-state index in [1.54, 1.807) is 0 Å². The molecule has 0 fully saturated rings. The topological polar surface area (TPSA) is 47.9 Å². The Labute approximate surface area is 132 Å². The monoisotopic (exact) mass is 322 g/mol. The van der Waals surface area contributed by atoms with Crippen LogP contribution in [-0.4, -0.2) is 71.0 Å². The summed E-state index contributed by atoms with van der Waals surface area (Å²) < 4.78 is 18.6. The van der Waals surface area contributed by atoms with Crippen molar-refractivity contribution in [1.29, 1.82) is 0 Å². The molecule has 0 amide bonds. The van der Waals surface area contributed by atoms with Crippen LogP contribution in [0, 0.1) is 0 Å². The summed E-state index contributed by atoms with van der Waals surface area (Å²) in [5.74, 6) is 0. The van der Waals surface area contributed by atoms with Crippen molar-refractivity contribution in [2.75, 3.05) is 52.6 Å². The zero-order valence-electron chi connectivity index (χ0n) is 14.7. The third kappa shape index (κ3) is 7.21. The number of rotatable bonds is 14. The maximum Gasteiger partial charge on any atom is 0.501 e. The van der Waals surface area contributed by atoms with Crippen molar-refractivity contribution in [2.45, 2.75) is 47.1 Å². The van der Waals surface area contributed by atoms with E-state index < -0.39 is 8.80 Å². The van der Waals surface area contributed by atoms with Crippen LogP contribution >= 0.6 is 0 Å². The Kier molecular flexibility index (Phi) is 11.6. The predicted octanol–water partition coefficient (Wildman–Crippen LogP) is 2.27. The molecule has 0 aromatic heterocycles. The fourth-order valence-corrected chi connectivity index (χ4v) is 5.41. The second-order valence-corrected chi connectivity index (χ2v) is 7.96. The molecule has 5 nitrogen and oxygen atoms in total. The van der Waals surface area contributed by atoms with E-state index in [9.17, 15) is 5.11 Å². The third-order valence-electron chi connectivity index (χ3n) is 4.12. The van der Waals surface area contributed by atoms with E-state index in [2.05, 4.69) is 13.8 Å². The van der Waals surface area contributed by atoms with Crippen molar-refractivity contribution in [1.82, 2.24) is 0 Å². The van der Waals surface area contributed by atoms with E-state index in [1.165, 1.54) is 0 Å². The first-order valence-electron chi connectivity index (χ1n) is 8.45. The molecular formula is C15H36NO4Si+. The van der Waals surface area contributed by atoms with Crippen LogP contribution in [0.25, 0.3) is 0 Å². The van der Waals surface area contributed by atoms with E-state index in [0.29, 0.717) is 19.8 Å². The zero-order valence-corrected chi connectivity index (χ0v) is 15.7. The van der Waals surface area contributed by atoms with Gasteiger partial charge in [-0.25, -0.2) is 0 Å². The van der Waals surface area contributed by atoms with Crippen molar-refractivity contribution < 1.29 is 22.9 Å². The van der Waals surface area contributed by atoms with Crippen LogP contribution in [0.2, 0.25) is 6.04 Å². The first-order valence-corrected chi connectivity index (χ1v) is 10.4. The van der Waals surface area contributed by atoms with Gasteiger partial charge < -0.3 is 22.9 Å². The van der Waals surface area contributed by atoms with E-state index >= 15 is 0 Å². The van der Waals surface area contributed by atoms with Crippen molar-refractivity contribution >= 4 is 8.80 Å². The van der Waals surface area contributed by atoms with Crippen LogP contribution in [0.3, 0.4) is 0 Å². The van der Waals surface area contributed by atoms with Gasteiger partial charge in [-0.1, -0.05) is 0 Å². The quantitative estimate of drug-likeness (QED) is 0.394. The van der Waals surface area contributed by atoms with Gasteiger partial charge in [-0.15, -0.1) is 0 Å². The molecule has 0 heterocycles. The number of likely N-dealkylation sites (N-methyl/N-ethyl adjacent to an activating group) is 1. The van der Waals surface area contributed by atoms with Crippen molar-refractivity contribution in [3.8, 4) is 0 Å². The Hall–Kier alpha value is 0.0169. The van der Waals surface area contributed by atoms with Crippen LogP contribution in [0.5, 0.6) is 0 Å². The molecule has 0 aliphatic rings. The molecule has 0 bridgehead atoms. The molecule has 0 saturated heterocycles. The second kappa shape index (κ2) is 11.6. The zero-order chi connectivity index (χ0) is 16.2. The van der Waals surface area contributed by atoms with E-state index in [0.717, 1.165) is 43.1 Å². The van der Waals surface area contributed by atoms with Gasteiger partial charge in [0, 0.05) is 32.3 Å². The summed E-state index contributed by atoms with van der Waals surface area (Å²) in [7, 11) is -2.52. The lowest BCUT2D eigenvalue weighted by Crippen LogP contribution is -2.52. The molecule has 0 aliphatic heterocycles. The van der Waals surface area contributed by atoms with Gasteiger partial charge >= 0.3 is 8.80 Å². The Morgan fingerprint density at radius 2 is 1.29 bits per heavy atom. The van der Waals surface area contributed by atoms with Crippen LogP contribution < -0.4 is 0 Å². The van der Waals surface area contributed by atoms with Gasteiger partial charge in [0.1, 0.15) is 6.54 Å². The fourth-order valence-electron chi connectivity index (χ4n) is 2.81. The maximum atomic E-state index is 9.29. The summed E-state index contributed by atoms with van der Waals surface area (Å²) >= 11 is 0. The number of quaternary nitrogens is 1. The maximum absolute atomic E-state index is 9.29. The van der Waals surface area contributed by atoms with Gasteiger partial charge in [-0.2, -0.15) is 0 Å². The molecule has 0 saturated carbocycles. The molecule has 6 heteroatoms. The van der Waals surface area contributed by atoms with Crippen LogP contribution in [0.4, 0.5) is 0 Å². The highest BCUT2D eigenvalue weighted by atomic mass is 28.4. The molecule has 0 radical (unpaired) electrons. The summed E-state index contributed by atoms with van der Waals surface area (Å²) in [6.45, 7) is 16.4. The van der Waals surface area contributed by atoms with Gasteiger partial charge in [0.25, 0.3) is 0 Å². The third-order valence-corrected chi connectivity index (χ3v) is 7.28. The number of aliphatic hydroxyl groups excluding tert-OH is 1. The molecule has 0 atom stereocenters. The average Bonchev–Trinajstić information content (AvgIpc) is 2.47. The van der Waals surface area contributed by atoms with Crippen molar-refractivity contribution in [3.63, 3.8) is 0 Å². The number of nitrogens with zero attached hydrogens (tertiary/aromatic N) is 1. The van der Waals surface area contributed by atoms with Crippen LogP contribution in [0.15, 0.2) is 0 Å². The average molecular weight is 323 g/mol. The SMILES string of the molecule is CCO[Si](CCC[N+](CC)(CC)CCO)(OCC)OCC. The number of aliphatic hydroxyl groups is 1. The van der Waals surface area contributed by atoms with Gasteiger partial charge in [-0.05, 0) is 34.6 Å². The molecule has 0 rings (SSSR count). The lowest BCUT2D eigenvalue weighted by atomic mass is 10.3. The minimum Gasteiger partial charge on any atom is -0.391 e. The molecule has 0 aromatic rings. The summed E-state index contributed by atoms with van der Waals surface area (Å²) in [4.78, 5) is 0. The normalized spacial score (nSPS) is 12.9. The largest absolute Gasteiger partial charge is 0.501 e. The molecule has 1 N–H and O–H groups in total. The van der Waals surface area contributed by atoms with E-state index in [1.807, 2.05) is 20.8 Å². The minimum atomic E-state index is -2.52. The number of hydrogen-bond acceptors (Lipinski definition) is 4. The lowest BCUT2D eigenvalue weighted by molar-refractivity contribution is -0.925. The first kappa shape index (κ1) is 21.0. The predicted molar refractivity (Wildman–Crippen MR) is 88.2 cm³/mol. The smallest absolute Gasteiger partial charge is 0.391 e. The van der Waals surface area contributed by atoms with Gasteiger partial charge in [0.15, 0.2) is 0 Å². The van der Waals surface area contributed by atoms with Gasteiger partial charge in [-0.3, -0.25) is 0 Å². The van der Waals surface area contributed by atoms with Crippen molar-refractivity contribution in [3.05, 3.63) is 0 Å². The fraction of sp³-hybridized carbons (Fsp3) is 1.00. The Morgan fingerprint density at radius 1 is 0.810 bits per heavy atom. The molecule has 0 spiro atoms. The highest BCUT2D eigenvalue weighted by molar-refractivity contribution is 6.60. The van der Waals surface area contributed by atoms with Gasteiger partial charge in [0.2, 0.25) is 0 Å². The number of hydrogen-bond donors (Lipinski definition) is 1. The first-order chi connectivity index (χ1) is 10.1. The highest BCUT2D eigenvalue weighted by Gasteiger charge is 2.40. The minimum absolute atomic E-state index is 0.243. The molecular weight excluding hydrogens is 286 g/mol. The second-order valence-electron chi connectivity index (χ2n) is 5.23. The Bertz CT molecular complexity index is 233. The standard InChI is InChI=1S/C15H36NO4Si/c1-6-16(7-2,13-14-17)12-11-15-21(18-8-3,19-9-4)20-10-5/h17H,6-15H2,1-5H3/q+1. The summed E-state index contributed by atoms with van der Waals surface area (Å²) in [5, 5.41) is 9.29. The van der Waals surface area contributed by atoms with Gasteiger partial charge in [0.05, 0.1) is 26.2 Å². The molecule has 0 unspecified atom stereocenters. The van der Waals surface area contributed by atoms with Crippen molar-refractivity contribution in [2.24, 2.45) is 0 Å². The summed E-state index contributed by atoms with van der Waals surface area (Å²) in [6, 6.07) is 0.855. The Morgan fingerprint density at radius 3 is 1.62 bits per heavy atom. The highest BCUT2D eigenvalue weighted by Crippen LogP contribution is 2.20.